The number of ether oxygens (including phenoxy) is 1. The van der Waals surface area contributed by atoms with Crippen LogP contribution >= 0.6 is 28.3 Å². The minimum Gasteiger partial charge on any atom is -0.484 e. The third kappa shape index (κ3) is 6.23. The number of amides is 1. The van der Waals surface area contributed by atoms with Crippen LogP contribution in [0, 0.1) is 0 Å². The fraction of sp³-hybridized carbons (Fsp3) is 0.417. The zero-order valence-corrected chi connectivity index (χ0v) is 12.9. The molecule has 0 bridgehead atoms. The molecule has 0 atom stereocenters. The predicted octanol–water partition coefficient (Wildman–Crippen LogP) is 1.93. The van der Waals surface area contributed by atoms with Gasteiger partial charge >= 0.3 is 0 Å². The van der Waals surface area contributed by atoms with Crippen molar-refractivity contribution < 1.29 is 9.53 Å². The van der Waals surface area contributed by atoms with E-state index in [0.29, 0.717) is 12.3 Å². The van der Waals surface area contributed by atoms with Crippen LogP contribution in [0.15, 0.2) is 28.7 Å². The number of rotatable bonds is 6. The summed E-state index contributed by atoms with van der Waals surface area (Å²) in [5, 5.41) is 2.99. The quantitative estimate of drug-likeness (QED) is 0.862. The number of carbonyl (C=O) groups is 1. The summed E-state index contributed by atoms with van der Waals surface area (Å²) < 4.78 is 6.34. The van der Waals surface area contributed by atoms with E-state index in [1.807, 2.05) is 31.3 Å². The minimum absolute atomic E-state index is 0. The van der Waals surface area contributed by atoms with Gasteiger partial charge in [0, 0.05) is 24.6 Å². The van der Waals surface area contributed by atoms with Crippen LogP contribution < -0.4 is 10.1 Å². The Morgan fingerprint density at radius 2 is 2.22 bits per heavy atom. The van der Waals surface area contributed by atoms with Gasteiger partial charge in [0.05, 0.1) is 0 Å². The molecule has 1 N–H and O–H groups in total. The lowest BCUT2D eigenvalue weighted by molar-refractivity contribution is -0.131. The average molecular weight is 338 g/mol. The van der Waals surface area contributed by atoms with Crippen LogP contribution in [-0.2, 0) is 4.79 Å². The minimum atomic E-state index is -0.0276. The monoisotopic (exact) mass is 336 g/mol. The van der Waals surface area contributed by atoms with Crippen LogP contribution in [0.1, 0.15) is 0 Å². The van der Waals surface area contributed by atoms with E-state index in [1.165, 1.54) is 0 Å². The van der Waals surface area contributed by atoms with E-state index in [4.69, 9.17) is 4.74 Å². The van der Waals surface area contributed by atoms with Gasteiger partial charge in [-0.05, 0) is 25.2 Å². The summed E-state index contributed by atoms with van der Waals surface area (Å²) in [6.45, 7) is 1.52. The van der Waals surface area contributed by atoms with E-state index in [-0.39, 0.29) is 24.9 Å². The van der Waals surface area contributed by atoms with Crippen LogP contribution in [0.2, 0.25) is 0 Å². The Bertz CT molecular complexity index is 377. The number of hydrogen-bond acceptors (Lipinski definition) is 3. The van der Waals surface area contributed by atoms with Crippen LogP contribution in [0.3, 0.4) is 0 Å². The molecule has 18 heavy (non-hydrogen) atoms. The van der Waals surface area contributed by atoms with Crippen LogP contribution in [0.5, 0.6) is 5.75 Å². The molecule has 0 spiro atoms. The molecule has 1 rings (SSSR count). The lowest BCUT2D eigenvalue weighted by atomic mass is 10.3. The molecule has 0 saturated heterocycles. The number of hydrogen-bond donors (Lipinski definition) is 1. The maximum atomic E-state index is 11.7. The van der Waals surface area contributed by atoms with E-state index >= 15 is 0 Å². The van der Waals surface area contributed by atoms with Gasteiger partial charge in [-0.1, -0.05) is 22.0 Å². The summed E-state index contributed by atoms with van der Waals surface area (Å²) in [7, 11) is 3.63. The molecule has 1 aromatic rings. The molecule has 0 radical (unpaired) electrons. The smallest absolute Gasteiger partial charge is 0.260 e. The van der Waals surface area contributed by atoms with E-state index < -0.39 is 0 Å². The molecule has 0 aromatic heterocycles. The SMILES string of the molecule is CNCCN(C)C(=O)COc1cccc(Br)c1.Cl. The van der Waals surface area contributed by atoms with Gasteiger partial charge in [-0.15, -0.1) is 12.4 Å². The molecular formula is C12H18BrClN2O2. The highest BCUT2D eigenvalue weighted by molar-refractivity contribution is 9.10. The van der Waals surface area contributed by atoms with Gasteiger partial charge in [-0.2, -0.15) is 0 Å². The van der Waals surface area contributed by atoms with E-state index in [9.17, 15) is 4.79 Å². The lowest BCUT2D eigenvalue weighted by Gasteiger charge is -2.17. The maximum absolute atomic E-state index is 11.7. The van der Waals surface area contributed by atoms with Crippen molar-refractivity contribution >= 4 is 34.2 Å². The summed E-state index contributed by atoms with van der Waals surface area (Å²) in [6.07, 6.45) is 0. The Balaban J connectivity index is 0.00000289. The van der Waals surface area contributed by atoms with E-state index in [0.717, 1.165) is 11.0 Å². The number of halogens is 2. The molecule has 4 nitrogen and oxygen atoms in total. The molecule has 0 saturated carbocycles. The van der Waals surface area contributed by atoms with Crippen molar-refractivity contribution in [1.82, 2.24) is 10.2 Å². The summed E-state index contributed by atoms with van der Waals surface area (Å²) in [5.41, 5.74) is 0. The number of nitrogens with one attached hydrogen (secondary N) is 1. The van der Waals surface area contributed by atoms with Crippen molar-refractivity contribution in [3.05, 3.63) is 28.7 Å². The van der Waals surface area contributed by atoms with Gasteiger partial charge in [0.2, 0.25) is 0 Å². The lowest BCUT2D eigenvalue weighted by Crippen LogP contribution is -2.35. The topological polar surface area (TPSA) is 41.6 Å². The van der Waals surface area contributed by atoms with Crippen molar-refractivity contribution in [2.75, 3.05) is 33.8 Å². The second-order valence-corrected chi connectivity index (χ2v) is 4.58. The Labute approximate surface area is 122 Å². The molecule has 0 aliphatic carbocycles. The first-order chi connectivity index (χ1) is 8.13. The van der Waals surface area contributed by atoms with Gasteiger partial charge in [-0.3, -0.25) is 4.79 Å². The van der Waals surface area contributed by atoms with Gasteiger partial charge < -0.3 is 15.0 Å². The van der Waals surface area contributed by atoms with Gasteiger partial charge in [0.15, 0.2) is 6.61 Å². The molecule has 0 unspecified atom stereocenters. The second kappa shape index (κ2) is 9.19. The zero-order valence-electron chi connectivity index (χ0n) is 10.5. The largest absolute Gasteiger partial charge is 0.484 e. The predicted molar refractivity (Wildman–Crippen MR) is 78.4 cm³/mol. The summed E-state index contributed by atoms with van der Waals surface area (Å²) in [6, 6.07) is 7.44. The van der Waals surface area contributed by atoms with Crippen LogP contribution in [0.25, 0.3) is 0 Å². The third-order valence-corrected chi connectivity index (χ3v) is 2.77. The second-order valence-electron chi connectivity index (χ2n) is 3.66. The molecule has 0 aliphatic rings. The van der Waals surface area contributed by atoms with Crippen molar-refractivity contribution in [3.63, 3.8) is 0 Å². The molecule has 1 aromatic carbocycles. The molecule has 102 valence electrons. The van der Waals surface area contributed by atoms with Crippen molar-refractivity contribution in [2.24, 2.45) is 0 Å². The number of carbonyl (C=O) groups excluding carboxylic acids is 1. The molecule has 6 heteroatoms. The van der Waals surface area contributed by atoms with Crippen molar-refractivity contribution in [1.29, 1.82) is 0 Å². The first-order valence-electron chi connectivity index (χ1n) is 5.40. The summed E-state index contributed by atoms with van der Waals surface area (Å²) in [5.74, 6) is 0.662. The first kappa shape index (κ1) is 17.2. The molecule has 0 heterocycles. The van der Waals surface area contributed by atoms with Gasteiger partial charge in [0.1, 0.15) is 5.75 Å². The van der Waals surface area contributed by atoms with Crippen molar-refractivity contribution in [3.8, 4) is 5.75 Å². The molecule has 1 amide bonds. The Kier molecular flexibility index (Phi) is 8.79. The Morgan fingerprint density at radius 1 is 1.50 bits per heavy atom. The third-order valence-electron chi connectivity index (χ3n) is 2.28. The van der Waals surface area contributed by atoms with Gasteiger partial charge in [0.25, 0.3) is 5.91 Å². The fourth-order valence-corrected chi connectivity index (χ4v) is 1.59. The normalized spacial score (nSPS) is 9.50. The summed E-state index contributed by atoms with van der Waals surface area (Å²) >= 11 is 3.35. The Hall–Kier alpha value is -0.780. The first-order valence-corrected chi connectivity index (χ1v) is 6.19. The standard InChI is InChI=1S/C12H17BrN2O2.ClH/c1-14-6-7-15(2)12(16)9-17-11-5-3-4-10(13)8-11;/h3-5,8,14H,6-7,9H2,1-2H3;1H. The maximum Gasteiger partial charge on any atom is 0.260 e. The number of likely N-dealkylation sites (N-methyl/N-ethyl adjacent to an activating group) is 2. The van der Waals surface area contributed by atoms with E-state index in [1.54, 1.807) is 11.9 Å². The highest BCUT2D eigenvalue weighted by atomic mass is 79.9. The molecule has 0 fully saturated rings. The van der Waals surface area contributed by atoms with Gasteiger partial charge in [-0.25, -0.2) is 0 Å². The average Bonchev–Trinajstić information content (AvgIpc) is 2.33. The zero-order chi connectivity index (χ0) is 12.7. The summed E-state index contributed by atoms with van der Waals surface area (Å²) in [4.78, 5) is 13.3. The van der Waals surface area contributed by atoms with Crippen LogP contribution in [0.4, 0.5) is 0 Å². The number of benzene rings is 1. The number of nitrogens with zero attached hydrogens (tertiary/aromatic N) is 1. The highest BCUT2D eigenvalue weighted by Gasteiger charge is 2.08. The fourth-order valence-electron chi connectivity index (χ4n) is 1.22. The van der Waals surface area contributed by atoms with Crippen LogP contribution in [-0.4, -0.2) is 44.6 Å². The van der Waals surface area contributed by atoms with Crippen molar-refractivity contribution in [2.45, 2.75) is 0 Å². The van der Waals surface area contributed by atoms with E-state index in [2.05, 4.69) is 21.2 Å². The molecular weight excluding hydrogens is 320 g/mol. The molecule has 0 aliphatic heterocycles. The highest BCUT2D eigenvalue weighted by Crippen LogP contribution is 2.17. The Morgan fingerprint density at radius 3 is 2.83 bits per heavy atom.